The Morgan fingerprint density at radius 2 is 2.08 bits per heavy atom. The van der Waals surface area contributed by atoms with Gasteiger partial charge in [-0.25, -0.2) is 13.4 Å². The fraction of sp³-hybridized carbons (Fsp3) is 0. The van der Waals surface area contributed by atoms with E-state index < -0.39 is 33.3 Å². The second-order valence-electron chi connectivity index (χ2n) is 2.17. The number of hydrogen-bond donors (Lipinski definition) is 2. The van der Waals surface area contributed by atoms with Gasteiger partial charge in [0.2, 0.25) is 0 Å². The average Bonchev–Trinajstić information content (AvgIpc) is 2.03. The maximum Gasteiger partial charge on any atom is 0.338 e. The van der Waals surface area contributed by atoms with Crippen LogP contribution in [0.1, 0.15) is 10.4 Å². The summed E-state index contributed by atoms with van der Waals surface area (Å²) in [5, 5.41) is 8.45. The quantitative estimate of drug-likeness (QED) is 0.707. The minimum Gasteiger partial charge on any atom is -0.478 e. The molecule has 1 aromatic carbocycles. The van der Waals surface area contributed by atoms with Gasteiger partial charge in [0.1, 0.15) is 4.90 Å². The Labute approximate surface area is 75.3 Å². The molecule has 6 heteroatoms. The number of hydrogen-bond acceptors (Lipinski definition) is 2. The number of carboxylic acids is 1. The van der Waals surface area contributed by atoms with E-state index in [1.54, 1.807) is 0 Å². The van der Waals surface area contributed by atoms with Gasteiger partial charge in [-0.15, -0.1) is 0 Å². The molecule has 70 valence electrons. The molecule has 0 amide bonds. The third-order valence-corrected chi connectivity index (χ3v) is 2.07. The Balaban J connectivity index is 3.35. The molecule has 1 unspecified atom stereocenters. The zero-order chi connectivity index (χ0) is 10.0. The Kier molecular flexibility index (Phi) is 2.74. The molecular formula is C7H5FO4S. The summed E-state index contributed by atoms with van der Waals surface area (Å²) in [5.74, 6) is -2.64. The van der Waals surface area contributed by atoms with E-state index in [0.717, 1.165) is 12.1 Å². The van der Waals surface area contributed by atoms with Gasteiger partial charge in [0.15, 0.2) is 16.9 Å². The van der Waals surface area contributed by atoms with Crippen molar-refractivity contribution in [3.05, 3.63) is 29.6 Å². The van der Waals surface area contributed by atoms with E-state index in [2.05, 4.69) is 0 Å². The van der Waals surface area contributed by atoms with E-state index in [1.807, 2.05) is 0 Å². The Hall–Kier alpha value is -1.27. The molecule has 0 aromatic heterocycles. The smallest absolute Gasteiger partial charge is 0.338 e. The normalized spacial score (nSPS) is 12.5. The van der Waals surface area contributed by atoms with Crippen LogP contribution in [0.15, 0.2) is 23.1 Å². The van der Waals surface area contributed by atoms with Gasteiger partial charge in [0.25, 0.3) is 0 Å². The van der Waals surface area contributed by atoms with Crippen molar-refractivity contribution < 1.29 is 23.1 Å². The highest BCUT2D eigenvalue weighted by molar-refractivity contribution is 7.79. The second-order valence-corrected chi connectivity index (χ2v) is 3.11. The van der Waals surface area contributed by atoms with Crippen LogP contribution in [-0.4, -0.2) is 19.8 Å². The largest absolute Gasteiger partial charge is 0.478 e. The SMILES string of the molecule is O=C(O)c1cccc(S(=O)O)c1F. The minimum atomic E-state index is -2.51. The van der Waals surface area contributed by atoms with Crippen molar-refractivity contribution in [2.75, 3.05) is 0 Å². The summed E-state index contributed by atoms with van der Waals surface area (Å²) in [4.78, 5) is 9.85. The van der Waals surface area contributed by atoms with E-state index in [-0.39, 0.29) is 0 Å². The zero-order valence-corrected chi connectivity index (χ0v) is 7.05. The van der Waals surface area contributed by atoms with Crippen molar-refractivity contribution in [3.8, 4) is 0 Å². The highest BCUT2D eigenvalue weighted by Crippen LogP contribution is 2.15. The maximum atomic E-state index is 13.0. The van der Waals surface area contributed by atoms with Crippen LogP contribution in [0.25, 0.3) is 0 Å². The topological polar surface area (TPSA) is 74.6 Å². The van der Waals surface area contributed by atoms with Crippen LogP contribution >= 0.6 is 0 Å². The molecule has 0 bridgehead atoms. The monoisotopic (exact) mass is 204 g/mol. The summed E-state index contributed by atoms with van der Waals surface area (Å²) < 4.78 is 32.1. The molecule has 0 aliphatic rings. The molecule has 1 rings (SSSR count). The first kappa shape index (κ1) is 9.82. The van der Waals surface area contributed by atoms with Crippen LogP contribution in [0.3, 0.4) is 0 Å². The van der Waals surface area contributed by atoms with Gasteiger partial charge in [-0.1, -0.05) is 6.07 Å². The van der Waals surface area contributed by atoms with Crippen LogP contribution < -0.4 is 0 Å². The number of rotatable bonds is 2. The Morgan fingerprint density at radius 3 is 2.54 bits per heavy atom. The molecular weight excluding hydrogens is 199 g/mol. The molecule has 2 N–H and O–H groups in total. The number of halogens is 1. The lowest BCUT2D eigenvalue weighted by Crippen LogP contribution is -2.04. The van der Waals surface area contributed by atoms with Crippen LogP contribution in [-0.2, 0) is 11.1 Å². The number of aromatic carboxylic acids is 1. The van der Waals surface area contributed by atoms with E-state index in [1.165, 1.54) is 6.07 Å². The molecule has 4 nitrogen and oxygen atoms in total. The van der Waals surface area contributed by atoms with E-state index in [9.17, 15) is 13.4 Å². The van der Waals surface area contributed by atoms with Crippen molar-refractivity contribution in [2.45, 2.75) is 4.90 Å². The van der Waals surface area contributed by atoms with Crippen molar-refractivity contribution >= 4 is 17.0 Å². The molecule has 0 heterocycles. The average molecular weight is 204 g/mol. The molecule has 0 radical (unpaired) electrons. The Bertz CT molecular complexity index is 345. The van der Waals surface area contributed by atoms with E-state index in [0.29, 0.717) is 0 Å². The highest BCUT2D eigenvalue weighted by Gasteiger charge is 2.16. The second kappa shape index (κ2) is 3.63. The number of carboxylic acid groups (broad SMARTS) is 1. The van der Waals surface area contributed by atoms with Gasteiger partial charge >= 0.3 is 5.97 Å². The Morgan fingerprint density at radius 1 is 1.46 bits per heavy atom. The molecule has 0 saturated carbocycles. The summed E-state index contributed by atoms with van der Waals surface area (Å²) >= 11 is -2.51. The first-order valence-corrected chi connectivity index (χ1v) is 4.27. The predicted molar refractivity (Wildman–Crippen MR) is 42.4 cm³/mol. The fourth-order valence-corrected chi connectivity index (χ4v) is 1.27. The van der Waals surface area contributed by atoms with E-state index in [4.69, 9.17) is 9.66 Å². The molecule has 13 heavy (non-hydrogen) atoms. The fourth-order valence-electron chi connectivity index (χ4n) is 0.811. The predicted octanol–water partition coefficient (Wildman–Crippen LogP) is 1.10. The molecule has 0 fully saturated rings. The summed E-state index contributed by atoms with van der Waals surface area (Å²) in [6.07, 6.45) is 0. The zero-order valence-electron chi connectivity index (χ0n) is 6.23. The number of benzene rings is 1. The molecule has 0 saturated heterocycles. The van der Waals surface area contributed by atoms with Crippen LogP contribution in [0.5, 0.6) is 0 Å². The van der Waals surface area contributed by atoms with Crippen molar-refractivity contribution in [2.24, 2.45) is 0 Å². The molecule has 0 aliphatic carbocycles. The number of carbonyl (C=O) groups is 1. The summed E-state index contributed by atoms with van der Waals surface area (Å²) in [6, 6.07) is 3.28. The maximum absolute atomic E-state index is 13.0. The summed E-state index contributed by atoms with van der Waals surface area (Å²) in [5.41, 5.74) is -0.611. The third kappa shape index (κ3) is 1.90. The van der Waals surface area contributed by atoms with Gasteiger partial charge < -0.3 is 9.66 Å². The molecule has 1 atom stereocenters. The van der Waals surface area contributed by atoms with Gasteiger partial charge in [-0.3, -0.25) is 0 Å². The van der Waals surface area contributed by atoms with Crippen LogP contribution in [0, 0.1) is 5.82 Å². The lowest BCUT2D eigenvalue weighted by atomic mass is 10.2. The van der Waals surface area contributed by atoms with E-state index >= 15 is 0 Å². The lowest BCUT2D eigenvalue weighted by molar-refractivity contribution is 0.0691. The van der Waals surface area contributed by atoms with Crippen LogP contribution in [0.4, 0.5) is 4.39 Å². The first-order valence-electron chi connectivity index (χ1n) is 3.16. The first-order chi connectivity index (χ1) is 6.04. The highest BCUT2D eigenvalue weighted by atomic mass is 32.2. The van der Waals surface area contributed by atoms with Gasteiger partial charge in [-0.05, 0) is 12.1 Å². The van der Waals surface area contributed by atoms with Crippen molar-refractivity contribution in [1.29, 1.82) is 0 Å². The molecule has 1 aromatic rings. The standard InChI is InChI=1S/C7H5FO4S/c8-6-4(7(9)10)2-1-3-5(6)13(11)12/h1-3H,(H,9,10)(H,11,12). The minimum absolute atomic E-state index is 0.528. The van der Waals surface area contributed by atoms with Crippen LogP contribution in [0.2, 0.25) is 0 Å². The van der Waals surface area contributed by atoms with Crippen molar-refractivity contribution in [3.63, 3.8) is 0 Å². The van der Waals surface area contributed by atoms with Gasteiger partial charge in [0.05, 0.1) is 5.56 Å². The van der Waals surface area contributed by atoms with Gasteiger partial charge in [-0.2, -0.15) is 0 Å². The third-order valence-electron chi connectivity index (χ3n) is 1.38. The van der Waals surface area contributed by atoms with Crippen molar-refractivity contribution in [1.82, 2.24) is 0 Å². The van der Waals surface area contributed by atoms with Gasteiger partial charge in [0, 0.05) is 0 Å². The lowest BCUT2D eigenvalue weighted by Gasteiger charge is -2.00. The summed E-state index contributed by atoms with van der Waals surface area (Å²) in [6.45, 7) is 0. The summed E-state index contributed by atoms with van der Waals surface area (Å²) in [7, 11) is 0. The molecule has 0 spiro atoms. The molecule has 0 aliphatic heterocycles.